The Morgan fingerprint density at radius 2 is 1.22 bits per heavy atom. The van der Waals surface area contributed by atoms with Crippen molar-refractivity contribution in [2.45, 2.75) is 33.1 Å². The van der Waals surface area contributed by atoms with Gasteiger partial charge in [-0.3, -0.25) is 0 Å². The lowest BCUT2D eigenvalue weighted by molar-refractivity contribution is 0.314. The highest BCUT2D eigenvalue weighted by atomic mass is 19.2. The fraction of sp³-hybridized carbons (Fsp3) is 0.250. The molecule has 27 heavy (non-hydrogen) atoms. The van der Waals surface area contributed by atoms with E-state index in [2.05, 4.69) is 31.2 Å². The zero-order chi connectivity index (χ0) is 19.2. The van der Waals surface area contributed by atoms with Crippen LogP contribution >= 0.6 is 0 Å². The zero-order valence-electron chi connectivity index (χ0n) is 15.8. The average Bonchev–Trinajstić information content (AvgIpc) is 2.71. The van der Waals surface area contributed by atoms with Gasteiger partial charge in [0, 0.05) is 5.56 Å². The highest BCUT2D eigenvalue weighted by molar-refractivity contribution is 5.65. The number of hydrogen-bond donors (Lipinski definition) is 0. The number of benzene rings is 3. The van der Waals surface area contributed by atoms with Gasteiger partial charge in [-0.1, -0.05) is 55.5 Å². The number of halogens is 2. The molecular weight excluding hydrogens is 342 g/mol. The van der Waals surface area contributed by atoms with Gasteiger partial charge in [0.2, 0.25) is 5.82 Å². The Labute approximate surface area is 159 Å². The largest absolute Gasteiger partial charge is 0.491 e. The molecule has 3 heteroatoms. The van der Waals surface area contributed by atoms with Crippen molar-refractivity contribution in [3.8, 4) is 16.9 Å². The van der Waals surface area contributed by atoms with Crippen LogP contribution in [0.1, 0.15) is 30.5 Å². The summed E-state index contributed by atoms with van der Waals surface area (Å²) in [6.45, 7) is 4.18. The van der Waals surface area contributed by atoms with Crippen molar-refractivity contribution in [2.24, 2.45) is 0 Å². The Kier molecular flexibility index (Phi) is 6.23. The summed E-state index contributed by atoms with van der Waals surface area (Å²) >= 11 is 0. The molecule has 140 valence electrons. The van der Waals surface area contributed by atoms with Crippen molar-refractivity contribution >= 4 is 0 Å². The monoisotopic (exact) mass is 366 g/mol. The summed E-state index contributed by atoms with van der Waals surface area (Å²) in [6, 6.07) is 19.4. The van der Waals surface area contributed by atoms with Crippen LogP contribution in [0.5, 0.6) is 5.75 Å². The molecule has 0 amide bonds. The first-order valence-electron chi connectivity index (χ1n) is 9.40. The van der Waals surface area contributed by atoms with E-state index in [0.29, 0.717) is 12.2 Å². The van der Waals surface area contributed by atoms with Crippen molar-refractivity contribution in [1.82, 2.24) is 0 Å². The summed E-state index contributed by atoms with van der Waals surface area (Å²) in [6.07, 6.45) is 2.91. The van der Waals surface area contributed by atoms with Crippen molar-refractivity contribution in [3.63, 3.8) is 0 Å². The van der Waals surface area contributed by atoms with E-state index in [1.165, 1.54) is 22.8 Å². The SMILES string of the molecule is CCOc1ccc(-c2ccc(CCc3ccc(CC)cc3)cc2)c(F)c1F. The molecule has 0 bridgehead atoms. The zero-order valence-corrected chi connectivity index (χ0v) is 15.8. The molecular formula is C24H24F2O. The standard InChI is InChI=1S/C24H24F2O/c1-3-17-5-7-18(8-6-17)9-10-19-11-13-20(14-12-19)21-15-16-22(27-4-2)24(26)23(21)25/h5-8,11-16H,3-4,9-10H2,1-2H3. The van der Waals surface area contributed by atoms with E-state index in [0.717, 1.165) is 19.3 Å². The summed E-state index contributed by atoms with van der Waals surface area (Å²) in [4.78, 5) is 0. The number of ether oxygens (including phenoxy) is 1. The maximum Gasteiger partial charge on any atom is 0.201 e. The molecule has 0 aliphatic heterocycles. The maximum atomic E-state index is 14.3. The Morgan fingerprint density at radius 3 is 1.78 bits per heavy atom. The third kappa shape index (κ3) is 4.54. The predicted octanol–water partition coefficient (Wildman–Crippen LogP) is 6.38. The topological polar surface area (TPSA) is 9.23 Å². The maximum absolute atomic E-state index is 14.3. The molecule has 0 aliphatic carbocycles. The molecule has 0 atom stereocenters. The highest BCUT2D eigenvalue weighted by Gasteiger charge is 2.15. The molecule has 0 aromatic heterocycles. The fourth-order valence-corrected chi connectivity index (χ4v) is 3.10. The van der Waals surface area contributed by atoms with Gasteiger partial charge in [-0.2, -0.15) is 4.39 Å². The lowest BCUT2D eigenvalue weighted by atomic mass is 9.99. The minimum absolute atomic E-state index is 0.0514. The molecule has 3 aromatic carbocycles. The molecule has 0 N–H and O–H groups in total. The van der Waals surface area contributed by atoms with Crippen LogP contribution < -0.4 is 4.74 Å². The molecule has 3 rings (SSSR count). The summed E-state index contributed by atoms with van der Waals surface area (Å²) < 4.78 is 33.5. The van der Waals surface area contributed by atoms with E-state index in [9.17, 15) is 8.78 Å². The predicted molar refractivity (Wildman–Crippen MR) is 106 cm³/mol. The molecule has 3 aromatic rings. The van der Waals surface area contributed by atoms with Crippen LogP contribution in [-0.2, 0) is 19.3 Å². The summed E-state index contributed by atoms with van der Waals surface area (Å²) in [7, 11) is 0. The summed E-state index contributed by atoms with van der Waals surface area (Å²) in [5.41, 5.74) is 4.72. The van der Waals surface area contributed by atoms with Gasteiger partial charge in [0.05, 0.1) is 6.61 Å². The van der Waals surface area contributed by atoms with Gasteiger partial charge >= 0.3 is 0 Å². The number of hydrogen-bond acceptors (Lipinski definition) is 1. The molecule has 0 radical (unpaired) electrons. The summed E-state index contributed by atoms with van der Waals surface area (Å²) in [5, 5.41) is 0. The lowest BCUT2D eigenvalue weighted by Gasteiger charge is -2.10. The molecule has 0 saturated heterocycles. The Morgan fingerprint density at radius 1 is 0.667 bits per heavy atom. The highest BCUT2D eigenvalue weighted by Crippen LogP contribution is 2.30. The van der Waals surface area contributed by atoms with Crippen molar-refractivity contribution in [3.05, 3.63) is 89.0 Å². The van der Waals surface area contributed by atoms with E-state index in [4.69, 9.17) is 4.74 Å². The quantitative estimate of drug-likeness (QED) is 0.471. The molecule has 1 nitrogen and oxygen atoms in total. The molecule has 0 saturated carbocycles. The van der Waals surface area contributed by atoms with Gasteiger partial charge in [-0.05, 0) is 60.6 Å². The Bertz CT molecular complexity index is 884. The van der Waals surface area contributed by atoms with Gasteiger partial charge in [0.25, 0.3) is 0 Å². The van der Waals surface area contributed by atoms with Crippen LogP contribution in [0.15, 0.2) is 60.7 Å². The van der Waals surface area contributed by atoms with Crippen LogP contribution in [-0.4, -0.2) is 6.61 Å². The van der Waals surface area contributed by atoms with Crippen molar-refractivity contribution in [2.75, 3.05) is 6.61 Å². The minimum Gasteiger partial charge on any atom is -0.491 e. The number of aryl methyl sites for hydroxylation is 3. The van der Waals surface area contributed by atoms with E-state index in [-0.39, 0.29) is 11.3 Å². The smallest absolute Gasteiger partial charge is 0.201 e. The van der Waals surface area contributed by atoms with E-state index < -0.39 is 11.6 Å². The van der Waals surface area contributed by atoms with Crippen LogP contribution in [0.4, 0.5) is 8.78 Å². The van der Waals surface area contributed by atoms with E-state index in [1.807, 2.05) is 24.3 Å². The van der Waals surface area contributed by atoms with Gasteiger partial charge < -0.3 is 4.74 Å². The van der Waals surface area contributed by atoms with Crippen LogP contribution in [0.25, 0.3) is 11.1 Å². The Balaban J connectivity index is 1.70. The second-order valence-corrected chi connectivity index (χ2v) is 6.54. The second-order valence-electron chi connectivity index (χ2n) is 6.54. The van der Waals surface area contributed by atoms with Crippen LogP contribution in [0, 0.1) is 11.6 Å². The van der Waals surface area contributed by atoms with Crippen LogP contribution in [0.2, 0.25) is 0 Å². The third-order valence-electron chi connectivity index (χ3n) is 4.75. The first kappa shape index (κ1) is 19.1. The number of rotatable bonds is 7. The second kappa shape index (κ2) is 8.81. The Hall–Kier alpha value is -2.68. The van der Waals surface area contributed by atoms with Crippen LogP contribution in [0.3, 0.4) is 0 Å². The summed E-state index contributed by atoms with van der Waals surface area (Å²) in [5.74, 6) is -1.86. The fourth-order valence-electron chi connectivity index (χ4n) is 3.10. The van der Waals surface area contributed by atoms with E-state index >= 15 is 0 Å². The van der Waals surface area contributed by atoms with Gasteiger partial charge in [-0.15, -0.1) is 0 Å². The molecule has 0 spiro atoms. The first-order chi connectivity index (χ1) is 13.1. The van der Waals surface area contributed by atoms with E-state index in [1.54, 1.807) is 13.0 Å². The molecule has 0 aliphatic rings. The van der Waals surface area contributed by atoms with Crippen molar-refractivity contribution < 1.29 is 13.5 Å². The van der Waals surface area contributed by atoms with Gasteiger partial charge in [0.15, 0.2) is 11.6 Å². The molecule has 0 fully saturated rings. The molecule has 0 unspecified atom stereocenters. The first-order valence-corrected chi connectivity index (χ1v) is 9.40. The normalized spacial score (nSPS) is 10.8. The molecule has 0 heterocycles. The third-order valence-corrected chi connectivity index (χ3v) is 4.75. The van der Waals surface area contributed by atoms with Gasteiger partial charge in [-0.25, -0.2) is 4.39 Å². The minimum atomic E-state index is -0.936. The van der Waals surface area contributed by atoms with Gasteiger partial charge in [0.1, 0.15) is 0 Å². The average molecular weight is 366 g/mol. The lowest BCUT2D eigenvalue weighted by Crippen LogP contribution is -1.98. The van der Waals surface area contributed by atoms with Crippen molar-refractivity contribution in [1.29, 1.82) is 0 Å².